The molecule has 2 nitrogen and oxygen atoms in total. The molecule has 1 heterocycles. The van der Waals surface area contributed by atoms with Gasteiger partial charge in [0.05, 0.1) is 6.54 Å². The highest BCUT2D eigenvalue weighted by Crippen LogP contribution is 2.33. The van der Waals surface area contributed by atoms with E-state index in [1.807, 2.05) is 0 Å². The average molecular weight is 282 g/mol. The van der Waals surface area contributed by atoms with Crippen LogP contribution in [0.3, 0.4) is 0 Å². The highest BCUT2D eigenvalue weighted by Gasteiger charge is 2.37. The molecular formula is C13H16BrNO. The van der Waals surface area contributed by atoms with Gasteiger partial charge >= 0.3 is 0 Å². The molecule has 3 heteroatoms. The number of hydrogen-bond donors (Lipinski definition) is 0. The van der Waals surface area contributed by atoms with Crippen molar-refractivity contribution in [3.05, 3.63) is 28.2 Å². The van der Waals surface area contributed by atoms with Crippen LogP contribution in [0.25, 0.3) is 0 Å². The highest BCUT2D eigenvalue weighted by atomic mass is 79.9. The zero-order chi connectivity index (χ0) is 11.9. The van der Waals surface area contributed by atoms with E-state index in [1.54, 1.807) is 0 Å². The zero-order valence-electron chi connectivity index (χ0n) is 9.88. The van der Waals surface area contributed by atoms with E-state index in [1.165, 1.54) is 5.56 Å². The van der Waals surface area contributed by atoms with Crippen LogP contribution in [0.5, 0.6) is 0 Å². The summed E-state index contributed by atoms with van der Waals surface area (Å²) in [5.74, 6) is 0.321. The van der Waals surface area contributed by atoms with Gasteiger partial charge in [-0.2, -0.15) is 0 Å². The summed E-state index contributed by atoms with van der Waals surface area (Å²) < 4.78 is 1.10. The molecule has 1 saturated heterocycles. The van der Waals surface area contributed by atoms with Crippen LogP contribution < -0.4 is 4.90 Å². The summed E-state index contributed by atoms with van der Waals surface area (Å²) in [5.41, 5.74) is 2.27. The van der Waals surface area contributed by atoms with E-state index in [-0.39, 0.29) is 5.54 Å². The van der Waals surface area contributed by atoms with Crippen LogP contribution in [-0.4, -0.2) is 17.9 Å². The minimum Gasteiger partial charge on any atom is -0.359 e. The Morgan fingerprint density at radius 3 is 2.56 bits per heavy atom. The van der Waals surface area contributed by atoms with E-state index in [0.717, 1.165) is 10.2 Å². The average Bonchev–Trinajstić information content (AvgIpc) is 2.44. The topological polar surface area (TPSA) is 20.3 Å². The SMILES string of the molecule is Cc1ccc(N2CC(=O)CC2(C)C)cc1Br. The normalized spacial score (nSPS) is 19.2. The molecule has 0 amide bonds. The number of carbonyl (C=O) groups excluding carboxylic acids is 1. The lowest BCUT2D eigenvalue weighted by atomic mass is 10.0. The lowest BCUT2D eigenvalue weighted by Gasteiger charge is -2.32. The Labute approximate surface area is 105 Å². The van der Waals surface area contributed by atoms with Gasteiger partial charge < -0.3 is 4.90 Å². The van der Waals surface area contributed by atoms with E-state index in [4.69, 9.17) is 0 Å². The molecule has 1 aliphatic rings. The number of hydrogen-bond acceptors (Lipinski definition) is 2. The van der Waals surface area contributed by atoms with Crippen molar-refractivity contribution < 1.29 is 4.79 Å². The van der Waals surface area contributed by atoms with Crippen LogP contribution >= 0.6 is 15.9 Å². The van der Waals surface area contributed by atoms with Gasteiger partial charge in [0.25, 0.3) is 0 Å². The van der Waals surface area contributed by atoms with Crippen LogP contribution in [0, 0.1) is 6.92 Å². The van der Waals surface area contributed by atoms with Gasteiger partial charge in [-0.25, -0.2) is 0 Å². The Morgan fingerprint density at radius 2 is 2.06 bits per heavy atom. The second-order valence-electron chi connectivity index (χ2n) is 5.05. The van der Waals surface area contributed by atoms with Crippen molar-refractivity contribution in [3.8, 4) is 0 Å². The Kier molecular flexibility index (Phi) is 2.82. The van der Waals surface area contributed by atoms with Gasteiger partial charge in [0.2, 0.25) is 0 Å². The fourth-order valence-electron chi connectivity index (χ4n) is 2.21. The summed E-state index contributed by atoms with van der Waals surface area (Å²) in [4.78, 5) is 13.7. The van der Waals surface area contributed by atoms with E-state index in [2.05, 4.69) is 59.8 Å². The van der Waals surface area contributed by atoms with Crippen molar-refractivity contribution in [2.75, 3.05) is 11.4 Å². The summed E-state index contributed by atoms with van der Waals surface area (Å²) in [7, 11) is 0. The molecule has 86 valence electrons. The predicted octanol–water partition coefficient (Wildman–Crippen LogP) is 3.32. The van der Waals surface area contributed by atoms with E-state index in [9.17, 15) is 4.79 Å². The Bertz CT molecular complexity index is 440. The quantitative estimate of drug-likeness (QED) is 0.787. The van der Waals surface area contributed by atoms with Crippen LogP contribution in [0.4, 0.5) is 5.69 Å². The Morgan fingerprint density at radius 1 is 1.38 bits per heavy atom. The number of anilines is 1. The fraction of sp³-hybridized carbons (Fsp3) is 0.462. The molecule has 0 N–H and O–H groups in total. The summed E-state index contributed by atoms with van der Waals surface area (Å²) in [6.45, 7) is 6.83. The molecule has 2 rings (SSSR count). The van der Waals surface area contributed by atoms with Gasteiger partial charge in [0.15, 0.2) is 5.78 Å². The molecule has 1 aromatic carbocycles. The third-order valence-electron chi connectivity index (χ3n) is 3.16. The second-order valence-corrected chi connectivity index (χ2v) is 5.90. The largest absolute Gasteiger partial charge is 0.359 e. The van der Waals surface area contributed by atoms with E-state index < -0.39 is 0 Å². The van der Waals surface area contributed by atoms with Gasteiger partial charge in [-0.05, 0) is 38.5 Å². The number of carbonyl (C=O) groups is 1. The van der Waals surface area contributed by atoms with Crippen molar-refractivity contribution in [1.29, 1.82) is 0 Å². The number of benzene rings is 1. The van der Waals surface area contributed by atoms with Gasteiger partial charge in [-0.15, -0.1) is 0 Å². The first kappa shape index (κ1) is 11.6. The van der Waals surface area contributed by atoms with Gasteiger partial charge in [-0.1, -0.05) is 22.0 Å². The number of rotatable bonds is 1. The maximum absolute atomic E-state index is 11.5. The number of Topliss-reactive ketones (excluding diaryl/α,β-unsaturated/α-hetero) is 1. The third kappa shape index (κ3) is 2.01. The number of aryl methyl sites for hydroxylation is 1. The smallest absolute Gasteiger partial charge is 0.154 e. The Hall–Kier alpha value is -0.830. The second kappa shape index (κ2) is 3.88. The monoisotopic (exact) mass is 281 g/mol. The van der Waals surface area contributed by atoms with Crippen molar-refractivity contribution in [2.24, 2.45) is 0 Å². The lowest BCUT2D eigenvalue weighted by Crippen LogP contribution is -2.38. The first-order chi connectivity index (χ1) is 7.40. The minimum atomic E-state index is -0.0637. The maximum atomic E-state index is 11.5. The molecule has 1 aliphatic heterocycles. The molecule has 0 unspecified atom stereocenters. The molecule has 0 radical (unpaired) electrons. The molecule has 0 saturated carbocycles. The maximum Gasteiger partial charge on any atom is 0.154 e. The lowest BCUT2D eigenvalue weighted by molar-refractivity contribution is -0.116. The van der Waals surface area contributed by atoms with Gasteiger partial charge in [0.1, 0.15) is 0 Å². The predicted molar refractivity (Wildman–Crippen MR) is 69.9 cm³/mol. The summed E-state index contributed by atoms with van der Waals surface area (Å²) >= 11 is 3.53. The van der Waals surface area contributed by atoms with E-state index in [0.29, 0.717) is 18.7 Å². The molecule has 0 aromatic heterocycles. The molecule has 0 bridgehead atoms. The summed E-state index contributed by atoms with van der Waals surface area (Å²) in [6, 6.07) is 6.26. The molecule has 0 spiro atoms. The molecule has 1 aromatic rings. The Balaban J connectivity index is 2.37. The molecule has 1 fully saturated rings. The van der Waals surface area contributed by atoms with Crippen LogP contribution in [-0.2, 0) is 4.79 Å². The van der Waals surface area contributed by atoms with Crippen LogP contribution in [0.1, 0.15) is 25.8 Å². The molecule has 16 heavy (non-hydrogen) atoms. The van der Waals surface area contributed by atoms with Crippen molar-refractivity contribution in [2.45, 2.75) is 32.7 Å². The van der Waals surface area contributed by atoms with Crippen molar-refractivity contribution in [3.63, 3.8) is 0 Å². The van der Waals surface area contributed by atoms with Gasteiger partial charge in [-0.3, -0.25) is 4.79 Å². The fourth-order valence-corrected chi connectivity index (χ4v) is 2.58. The molecule has 0 atom stereocenters. The zero-order valence-corrected chi connectivity index (χ0v) is 11.5. The summed E-state index contributed by atoms with van der Waals surface area (Å²) in [5, 5.41) is 0. The number of ketones is 1. The number of halogens is 1. The first-order valence-corrected chi connectivity index (χ1v) is 6.25. The van der Waals surface area contributed by atoms with E-state index >= 15 is 0 Å². The number of nitrogens with zero attached hydrogens (tertiary/aromatic N) is 1. The third-order valence-corrected chi connectivity index (χ3v) is 4.02. The van der Waals surface area contributed by atoms with Crippen molar-refractivity contribution >= 4 is 27.4 Å². The minimum absolute atomic E-state index is 0.0637. The first-order valence-electron chi connectivity index (χ1n) is 5.46. The summed E-state index contributed by atoms with van der Waals surface area (Å²) in [6.07, 6.45) is 0.637. The van der Waals surface area contributed by atoms with Crippen molar-refractivity contribution in [1.82, 2.24) is 0 Å². The van der Waals surface area contributed by atoms with Gasteiger partial charge in [0, 0.05) is 22.1 Å². The molecule has 0 aliphatic carbocycles. The highest BCUT2D eigenvalue weighted by molar-refractivity contribution is 9.10. The van der Waals surface area contributed by atoms with Crippen LogP contribution in [0.15, 0.2) is 22.7 Å². The standard InChI is InChI=1S/C13H16BrNO/c1-9-4-5-10(6-12(9)14)15-8-11(16)7-13(15,2)3/h4-6H,7-8H2,1-3H3. The molecular weight excluding hydrogens is 266 g/mol. The van der Waals surface area contributed by atoms with Crippen LogP contribution in [0.2, 0.25) is 0 Å².